The molecule has 0 unspecified atom stereocenters. The van der Waals surface area contributed by atoms with Crippen molar-refractivity contribution in [1.29, 1.82) is 5.26 Å². The number of nitriles is 1. The zero-order valence-electron chi connectivity index (χ0n) is 16.4. The van der Waals surface area contributed by atoms with Gasteiger partial charge in [-0.15, -0.1) is 0 Å². The molecule has 1 fully saturated rings. The van der Waals surface area contributed by atoms with E-state index in [1.165, 1.54) is 18.5 Å². The molecule has 0 spiro atoms. The molecule has 10 heteroatoms. The van der Waals surface area contributed by atoms with Crippen molar-refractivity contribution >= 4 is 22.6 Å². The van der Waals surface area contributed by atoms with Gasteiger partial charge in [0.2, 0.25) is 0 Å². The van der Waals surface area contributed by atoms with Crippen molar-refractivity contribution < 1.29 is 4.39 Å². The highest BCUT2D eigenvalue weighted by molar-refractivity contribution is 6.29. The molecule has 2 N–H and O–H groups in total. The van der Waals surface area contributed by atoms with Gasteiger partial charge in [0.25, 0.3) is 0 Å². The molecule has 1 saturated heterocycles. The molecular formula is C21H18ClFN8. The molecule has 0 aromatic carbocycles. The fraction of sp³-hybridized carbons (Fsp3) is 0.286. The van der Waals surface area contributed by atoms with Crippen molar-refractivity contribution in [2.45, 2.75) is 24.3 Å². The molecule has 156 valence electrons. The normalized spacial score (nSPS) is 19.5. The Kier molecular flexibility index (Phi) is 4.88. The largest absolute Gasteiger partial charge is 0.346 e. The summed E-state index contributed by atoms with van der Waals surface area (Å²) < 4.78 is 16.6. The molecule has 0 aliphatic carbocycles. The predicted octanol–water partition coefficient (Wildman–Crippen LogP) is 3.39. The summed E-state index contributed by atoms with van der Waals surface area (Å²) in [5.41, 5.74) is 1.75. The second kappa shape index (κ2) is 7.72. The van der Waals surface area contributed by atoms with Gasteiger partial charge in [-0.05, 0) is 31.2 Å². The predicted molar refractivity (Wildman–Crippen MR) is 113 cm³/mol. The van der Waals surface area contributed by atoms with Gasteiger partial charge in [-0.1, -0.05) is 11.6 Å². The number of fused-ring (bicyclic) bond motifs is 1. The third kappa shape index (κ3) is 3.24. The van der Waals surface area contributed by atoms with Crippen LogP contribution >= 0.6 is 11.6 Å². The molecule has 4 aromatic heterocycles. The van der Waals surface area contributed by atoms with Crippen LogP contribution in [0.25, 0.3) is 22.3 Å². The highest BCUT2D eigenvalue weighted by Crippen LogP contribution is 2.43. The summed E-state index contributed by atoms with van der Waals surface area (Å²) in [6.45, 7) is 1.15. The summed E-state index contributed by atoms with van der Waals surface area (Å²) in [5.74, 6) is -0.437. The molecule has 0 radical (unpaired) electrons. The Hall–Kier alpha value is -3.35. The minimum absolute atomic E-state index is 0.139. The first-order chi connectivity index (χ1) is 15.1. The van der Waals surface area contributed by atoms with Gasteiger partial charge in [0.15, 0.2) is 0 Å². The summed E-state index contributed by atoms with van der Waals surface area (Å²) >= 11 is 6.11. The molecule has 5 heterocycles. The lowest BCUT2D eigenvalue weighted by Gasteiger charge is -2.35. The fourth-order valence-corrected chi connectivity index (χ4v) is 4.63. The summed E-state index contributed by atoms with van der Waals surface area (Å²) in [6, 6.07) is 6.46. The summed E-state index contributed by atoms with van der Waals surface area (Å²) in [6.07, 6.45) is 7.59. The number of hydrogen-bond donors (Lipinski definition) is 2. The Morgan fingerprint density at radius 1 is 1.32 bits per heavy atom. The van der Waals surface area contributed by atoms with Gasteiger partial charge >= 0.3 is 0 Å². The van der Waals surface area contributed by atoms with E-state index in [-0.39, 0.29) is 17.3 Å². The zero-order valence-corrected chi connectivity index (χ0v) is 17.1. The van der Waals surface area contributed by atoms with Crippen LogP contribution in [0.15, 0.2) is 43.1 Å². The third-order valence-corrected chi connectivity index (χ3v) is 6.15. The van der Waals surface area contributed by atoms with Crippen molar-refractivity contribution in [3.63, 3.8) is 0 Å². The Morgan fingerprint density at radius 2 is 2.23 bits per heavy atom. The highest BCUT2D eigenvalue weighted by Gasteiger charge is 2.47. The second-order valence-electron chi connectivity index (χ2n) is 7.60. The van der Waals surface area contributed by atoms with E-state index >= 15 is 0 Å². The lowest BCUT2D eigenvalue weighted by molar-refractivity contribution is 0.257. The van der Waals surface area contributed by atoms with Gasteiger partial charge < -0.3 is 10.3 Å². The number of rotatable bonds is 5. The minimum Gasteiger partial charge on any atom is -0.346 e. The third-order valence-electron chi connectivity index (χ3n) is 5.94. The van der Waals surface area contributed by atoms with E-state index in [1.54, 1.807) is 17.1 Å². The van der Waals surface area contributed by atoms with Crippen LogP contribution in [0.4, 0.5) is 4.39 Å². The van der Waals surface area contributed by atoms with Gasteiger partial charge in [-0.2, -0.15) is 10.4 Å². The van der Waals surface area contributed by atoms with E-state index in [1.807, 2.05) is 12.3 Å². The quantitative estimate of drug-likeness (QED) is 0.464. The molecular weight excluding hydrogens is 419 g/mol. The zero-order chi connectivity index (χ0) is 21.4. The topological polar surface area (TPSA) is 108 Å². The first-order valence-corrected chi connectivity index (χ1v) is 10.2. The van der Waals surface area contributed by atoms with Gasteiger partial charge in [0, 0.05) is 29.9 Å². The molecule has 0 bridgehead atoms. The molecule has 0 amide bonds. The molecule has 0 saturated carbocycles. The van der Waals surface area contributed by atoms with Crippen molar-refractivity contribution in [1.82, 2.24) is 35.0 Å². The Bertz CT molecular complexity index is 1280. The maximum atomic E-state index is 14.9. The molecule has 2 atom stereocenters. The van der Waals surface area contributed by atoms with Crippen molar-refractivity contribution in [2.24, 2.45) is 0 Å². The summed E-state index contributed by atoms with van der Waals surface area (Å²) in [4.78, 5) is 16.0. The molecule has 1 aliphatic rings. The smallest absolute Gasteiger partial charge is 0.145 e. The van der Waals surface area contributed by atoms with E-state index in [9.17, 15) is 9.65 Å². The fourth-order valence-electron chi connectivity index (χ4n) is 4.48. The first kappa shape index (κ1) is 19.6. The minimum atomic E-state index is -0.761. The number of hydrogen-bond acceptors (Lipinski definition) is 6. The van der Waals surface area contributed by atoms with Crippen LogP contribution in [0, 0.1) is 17.1 Å². The van der Waals surface area contributed by atoms with E-state index in [4.69, 9.17) is 11.6 Å². The van der Waals surface area contributed by atoms with Crippen LogP contribution in [0.5, 0.6) is 0 Å². The maximum absolute atomic E-state index is 14.9. The number of H-pyrrole nitrogens is 1. The number of nitrogens with zero attached hydrogens (tertiary/aromatic N) is 6. The van der Waals surface area contributed by atoms with Crippen LogP contribution in [-0.4, -0.2) is 42.8 Å². The van der Waals surface area contributed by atoms with Crippen LogP contribution in [0.2, 0.25) is 5.15 Å². The average molecular weight is 437 g/mol. The van der Waals surface area contributed by atoms with Gasteiger partial charge in [0.1, 0.15) is 22.9 Å². The molecule has 4 aromatic rings. The van der Waals surface area contributed by atoms with Crippen LogP contribution in [-0.2, 0) is 5.41 Å². The number of nitrogens with one attached hydrogen (secondary N) is 2. The van der Waals surface area contributed by atoms with Crippen LogP contribution in [0.1, 0.15) is 24.6 Å². The number of pyridine rings is 1. The lowest BCUT2D eigenvalue weighted by atomic mass is 9.74. The van der Waals surface area contributed by atoms with E-state index in [0.29, 0.717) is 19.5 Å². The van der Waals surface area contributed by atoms with Crippen molar-refractivity contribution in [3.8, 4) is 17.3 Å². The summed E-state index contributed by atoms with van der Waals surface area (Å²) in [7, 11) is 0. The average Bonchev–Trinajstić information content (AvgIpc) is 3.54. The van der Waals surface area contributed by atoms with Crippen molar-refractivity contribution in [2.75, 3.05) is 13.1 Å². The second-order valence-corrected chi connectivity index (χ2v) is 7.98. The van der Waals surface area contributed by atoms with Gasteiger partial charge in [-0.3, -0.25) is 4.68 Å². The molecule has 8 nitrogen and oxygen atoms in total. The SMILES string of the molecule is N#CC[C@H](n1cc(-c2ncnc3[nH]ccc23)cn1)[C@]1(c2nc(Cl)ccc2F)CCNC1. The number of aromatic amines is 1. The summed E-state index contributed by atoms with van der Waals surface area (Å²) in [5, 5.41) is 18.6. The molecule has 31 heavy (non-hydrogen) atoms. The van der Waals surface area contributed by atoms with Crippen molar-refractivity contribution in [3.05, 3.63) is 59.8 Å². The van der Waals surface area contributed by atoms with Gasteiger partial charge in [0.05, 0.1) is 41.5 Å². The van der Waals surface area contributed by atoms with Gasteiger partial charge in [-0.25, -0.2) is 19.3 Å². The van der Waals surface area contributed by atoms with Crippen LogP contribution in [0.3, 0.4) is 0 Å². The maximum Gasteiger partial charge on any atom is 0.145 e. The Balaban J connectivity index is 1.62. The first-order valence-electron chi connectivity index (χ1n) is 9.85. The van der Waals surface area contributed by atoms with Crippen LogP contribution < -0.4 is 5.32 Å². The Morgan fingerprint density at radius 3 is 3.03 bits per heavy atom. The Labute approximate surface area is 182 Å². The highest BCUT2D eigenvalue weighted by atomic mass is 35.5. The van der Waals surface area contributed by atoms with E-state index < -0.39 is 17.3 Å². The monoisotopic (exact) mass is 436 g/mol. The lowest BCUT2D eigenvalue weighted by Crippen LogP contribution is -2.41. The number of aromatic nitrogens is 6. The van der Waals surface area contributed by atoms with E-state index in [2.05, 4.69) is 36.4 Å². The number of halogens is 2. The molecule has 5 rings (SSSR count). The standard InChI is InChI=1S/C21H18ClFN8/c22-17-2-1-15(23)19(30-17)21(5-8-25-11-21)16(3-6-24)31-10-13(9-29-31)18-14-4-7-26-20(14)28-12-27-18/h1-2,4,7,9-10,12,16,25H,3,5,8,11H2,(H,26,27,28)/t16-,21-/m0/s1. The van der Waals surface area contributed by atoms with E-state index in [0.717, 1.165) is 22.3 Å². The molecule has 1 aliphatic heterocycles.